The first-order valence-electron chi connectivity index (χ1n) is 9.01. The minimum Gasteiger partial charge on any atom is -0.339 e. The Kier molecular flexibility index (Phi) is 5.88. The number of rotatable bonds is 6. The number of Topliss-reactive ketones (excluding diaryl/α,β-unsaturated/α-hetero) is 1. The van der Waals surface area contributed by atoms with Crippen molar-refractivity contribution in [2.24, 2.45) is 0 Å². The zero-order chi connectivity index (χ0) is 21.3. The lowest BCUT2D eigenvalue weighted by molar-refractivity contribution is -0.141. The quantitative estimate of drug-likeness (QED) is 0.336. The van der Waals surface area contributed by atoms with Crippen LogP contribution in [0, 0.1) is 13.8 Å². The van der Waals surface area contributed by atoms with E-state index in [1.165, 1.54) is 17.6 Å². The largest absolute Gasteiger partial charge is 0.406 e. The first-order chi connectivity index (χ1) is 13.6. The van der Waals surface area contributed by atoms with Gasteiger partial charge < -0.3 is 4.57 Å². The molecule has 0 spiro atoms. The van der Waals surface area contributed by atoms with E-state index in [2.05, 4.69) is 4.98 Å². The van der Waals surface area contributed by atoms with Crippen LogP contribution in [0.4, 0.5) is 13.2 Å². The lowest BCUT2D eigenvalue weighted by Gasteiger charge is -2.12. The summed E-state index contributed by atoms with van der Waals surface area (Å²) in [5.41, 5.74) is 1.27. The zero-order valence-electron chi connectivity index (χ0n) is 16.2. The number of carbonyl (C=O) groups is 1. The third kappa shape index (κ3) is 4.39. The maximum atomic E-state index is 12.8. The van der Waals surface area contributed by atoms with Crippen LogP contribution < -0.4 is 5.56 Å². The van der Waals surface area contributed by atoms with Crippen molar-refractivity contribution in [2.45, 2.75) is 45.2 Å². The molecule has 0 saturated heterocycles. The summed E-state index contributed by atoms with van der Waals surface area (Å²) < 4.78 is 40.9. The summed E-state index contributed by atoms with van der Waals surface area (Å²) in [6.07, 6.45) is -4.37. The summed E-state index contributed by atoms with van der Waals surface area (Å²) in [4.78, 5) is 29.8. The van der Waals surface area contributed by atoms with Gasteiger partial charge in [-0.2, -0.15) is 13.2 Å². The zero-order valence-corrected chi connectivity index (χ0v) is 17.0. The normalized spacial score (nSPS) is 11.9. The number of benzene rings is 1. The number of ketones is 1. The van der Waals surface area contributed by atoms with Gasteiger partial charge in [0.2, 0.25) is 0 Å². The van der Waals surface area contributed by atoms with Crippen LogP contribution in [0.2, 0.25) is 0 Å². The second-order valence-electron chi connectivity index (χ2n) is 6.66. The molecular formula is C20H20F3N3O2S. The second kappa shape index (κ2) is 8.06. The first kappa shape index (κ1) is 21.2. The van der Waals surface area contributed by atoms with E-state index < -0.39 is 12.7 Å². The van der Waals surface area contributed by atoms with Crippen LogP contribution in [0.1, 0.15) is 28.7 Å². The van der Waals surface area contributed by atoms with Gasteiger partial charge in [-0.1, -0.05) is 23.9 Å². The van der Waals surface area contributed by atoms with E-state index in [-0.39, 0.29) is 28.4 Å². The van der Waals surface area contributed by atoms with Crippen molar-refractivity contribution in [2.75, 3.05) is 5.75 Å². The molecule has 5 nitrogen and oxygen atoms in total. The van der Waals surface area contributed by atoms with E-state index in [0.717, 1.165) is 16.3 Å². The van der Waals surface area contributed by atoms with E-state index in [9.17, 15) is 22.8 Å². The Balaban J connectivity index is 1.87. The first-order valence-corrected chi connectivity index (χ1v) is 10.00. The highest BCUT2D eigenvalue weighted by Crippen LogP contribution is 2.25. The van der Waals surface area contributed by atoms with E-state index in [1.807, 2.05) is 6.92 Å². The molecule has 0 aliphatic rings. The van der Waals surface area contributed by atoms with Crippen LogP contribution in [-0.4, -0.2) is 31.8 Å². The summed E-state index contributed by atoms with van der Waals surface area (Å²) in [6.45, 7) is 4.13. The third-order valence-electron chi connectivity index (χ3n) is 4.69. The van der Waals surface area contributed by atoms with Gasteiger partial charge in [0, 0.05) is 23.5 Å². The number of para-hydroxylation sites is 1. The van der Waals surface area contributed by atoms with Crippen molar-refractivity contribution in [3.8, 4) is 0 Å². The van der Waals surface area contributed by atoms with E-state index >= 15 is 0 Å². The Bertz CT molecular complexity index is 1130. The van der Waals surface area contributed by atoms with Gasteiger partial charge in [-0.05, 0) is 39.0 Å². The highest BCUT2D eigenvalue weighted by Gasteiger charge is 2.30. The molecule has 2 heterocycles. The van der Waals surface area contributed by atoms with Crippen LogP contribution in [0.15, 0.2) is 40.3 Å². The monoisotopic (exact) mass is 423 g/mol. The number of halogens is 3. The Labute approximate surface area is 169 Å². The minimum absolute atomic E-state index is 0.0267. The molecule has 0 fully saturated rings. The summed E-state index contributed by atoms with van der Waals surface area (Å²) in [6, 6.07) is 8.45. The molecule has 3 aromatic rings. The fraction of sp³-hybridized carbons (Fsp3) is 0.350. The van der Waals surface area contributed by atoms with E-state index in [4.69, 9.17) is 0 Å². The van der Waals surface area contributed by atoms with Crippen molar-refractivity contribution in [1.29, 1.82) is 0 Å². The summed E-state index contributed by atoms with van der Waals surface area (Å²) in [7, 11) is 0. The Morgan fingerprint density at radius 3 is 2.52 bits per heavy atom. The lowest BCUT2D eigenvalue weighted by atomic mass is 10.2. The Morgan fingerprint density at radius 1 is 1.17 bits per heavy atom. The number of carbonyl (C=O) groups excluding carboxylic acids is 1. The lowest BCUT2D eigenvalue weighted by Crippen LogP contribution is -2.23. The maximum Gasteiger partial charge on any atom is 0.406 e. The van der Waals surface area contributed by atoms with Gasteiger partial charge in [0.25, 0.3) is 5.56 Å². The molecule has 0 bridgehead atoms. The molecule has 0 aliphatic heterocycles. The molecule has 3 rings (SSSR count). The molecule has 0 amide bonds. The number of alkyl halides is 3. The Hall–Kier alpha value is -2.55. The molecule has 0 aliphatic carbocycles. The number of aromatic nitrogens is 3. The Morgan fingerprint density at radius 2 is 1.86 bits per heavy atom. The smallest absolute Gasteiger partial charge is 0.339 e. The molecule has 2 aromatic heterocycles. The van der Waals surface area contributed by atoms with Crippen LogP contribution in [0.3, 0.4) is 0 Å². The standard InChI is InChI=1S/C20H20F3N3O2S/c1-4-25-18(28)14-7-5-6-8-16(14)24-19(25)29-10-17(27)15-9-12(2)26(13(15)3)11-20(21,22)23/h5-9H,4,10-11H2,1-3H3. The van der Waals surface area contributed by atoms with E-state index in [0.29, 0.717) is 28.3 Å². The number of hydrogen-bond donors (Lipinski definition) is 0. The minimum atomic E-state index is -4.37. The van der Waals surface area contributed by atoms with Crippen molar-refractivity contribution in [3.05, 3.63) is 57.6 Å². The number of thioether (sulfide) groups is 1. The second-order valence-corrected chi connectivity index (χ2v) is 7.60. The predicted octanol–water partition coefficient (Wildman–Crippen LogP) is 4.37. The fourth-order valence-electron chi connectivity index (χ4n) is 3.25. The summed E-state index contributed by atoms with van der Waals surface area (Å²) >= 11 is 1.11. The van der Waals surface area contributed by atoms with Crippen LogP contribution >= 0.6 is 11.8 Å². The number of nitrogens with zero attached hydrogens (tertiary/aromatic N) is 3. The van der Waals surface area contributed by atoms with Gasteiger partial charge in [-0.3, -0.25) is 14.2 Å². The third-order valence-corrected chi connectivity index (χ3v) is 5.66. The van der Waals surface area contributed by atoms with Crippen molar-refractivity contribution in [1.82, 2.24) is 14.1 Å². The summed E-state index contributed by atoms with van der Waals surface area (Å²) in [5.74, 6) is -0.331. The van der Waals surface area contributed by atoms with Crippen LogP contribution in [0.25, 0.3) is 10.9 Å². The average Bonchev–Trinajstić information content (AvgIpc) is 2.93. The summed E-state index contributed by atoms with van der Waals surface area (Å²) in [5, 5.41) is 0.911. The highest BCUT2D eigenvalue weighted by molar-refractivity contribution is 7.99. The van der Waals surface area contributed by atoms with Gasteiger partial charge in [0.05, 0.1) is 16.7 Å². The van der Waals surface area contributed by atoms with Crippen molar-refractivity contribution < 1.29 is 18.0 Å². The fourth-order valence-corrected chi connectivity index (χ4v) is 4.20. The number of aryl methyl sites for hydroxylation is 1. The molecule has 29 heavy (non-hydrogen) atoms. The molecule has 0 radical (unpaired) electrons. The van der Waals surface area contributed by atoms with Gasteiger partial charge in [0.15, 0.2) is 10.9 Å². The molecule has 154 valence electrons. The number of hydrogen-bond acceptors (Lipinski definition) is 4. The SMILES string of the molecule is CCn1c(SCC(=O)c2cc(C)n(CC(F)(F)F)c2C)nc2ccccc2c1=O. The van der Waals surface area contributed by atoms with Crippen molar-refractivity contribution >= 4 is 28.4 Å². The molecule has 0 unspecified atom stereocenters. The molecule has 0 saturated carbocycles. The topological polar surface area (TPSA) is 56.9 Å². The molecule has 9 heteroatoms. The molecular weight excluding hydrogens is 403 g/mol. The number of fused-ring (bicyclic) bond motifs is 1. The average molecular weight is 423 g/mol. The maximum absolute atomic E-state index is 12.8. The van der Waals surface area contributed by atoms with Gasteiger partial charge >= 0.3 is 6.18 Å². The predicted molar refractivity (Wildman–Crippen MR) is 107 cm³/mol. The van der Waals surface area contributed by atoms with Gasteiger partial charge in [-0.15, -0.1) is 0 Å². The van der Waals surface area contributed by atoms with Gasteiger partial charge in [0.1, 0.15) is 6.54 Å². The van der Waals surface area contributed by atoms with Crippen LogP contribution in [-0.2, 0) is 13.1 Å². The van der Waals surface area contributed by atoms with Gasteiger partial charge in [-0.25, -0.2) is 4.98 Å². The highest BCUT2D eigenvalue weighted by atomic mass is 32.2. The molecule has 0 N–H and O–H groups in total. The van der Waals surface area contributed by atoms with Crippen molar-refractivity contribution in [3.63, 3.8) is 0 Å². The molecule has 0 atom stereocenters. The molecule has 1 aromatic carbocycles. The van der Waals surface area contributed by atoms with Crippen LogP contribution in [0.5, 0.6) is 0 Å². The van der Waals surface area contributed by atoms with E-state index in [1.54, 1.807) is 31.2 Å².